The van der Waals surface area contributed by atoms with Gasteiger partial charge in [-0.2, -0.15) is 0 Å². The lowest BCUT2D eigenvalue weighted by Gasteiger charge is -2.32. The van der Waals surface area contributed by atoms with Gasteiger partial charge in [-0.05, 0) is 51.9 Å². The van der Waals surface area contributed by atoms with Gasteiger partial charge in [0.25, 0.3) is 0 Å². The average molecular weight is 517 g/mol. The third-order valence-electron chi connectivity index (χ3n) is 4.72. The molecule has 1 aromatic rings. The van der Waals surface area contributed by atoms with Crippen molar-refractivity contribution in [1.82, 2.24) is 20.4 Å². The number of ether oxygens (including phenoxy) is 1. The minimum atomic E-state index is -0.209. The summed E-state index contributed by atoms with van der Waals surface area (Å²) in [7, 11) is 4.16. The summed E-state index contributed by atoms with van der Waals surface area (Å²) >= 11 is 0. The standard InChI is InChI=1S/C21H35N5O2.HI/c1-5-22-20(23-15-17-9-7-8-10-18(17)16-25(3)4)24-19-11-13-26(14-12-19)21(27)28-6-2;/h7-10,19H,5-6,11-16H2,1-4H3,(H2,22,23,24);1H. The van der Waals surface area contributed by atoms with Crippen molar-refractivity contribution in [2.45, 2.75) is 45.8 Å². The predicted molar refractivity (Wildman–Crippen MR) is 129 cm³/mol. The summed E-state index contributed by atoms with van der Waals surface area (Å²) in [6.07, 6.45) is 1.57. The third kappa shape index (κ3) is 8.77. The summed E-state index contributed by atoms with van der Waals surface area (Å²) in [5.41, 5.74) is 2.54. The largest absolute Gasteiger partial charge is 0.450 e. The molecule has 1 amide bonds. The van der Waals surface area contributed by atoms with Crippen LogP contribution in [0.4, 0.5) is 4.79 Å². The van der Waals surface area contributed by atoms with Gasteiger partial charge >= 0.3 is 6.09 Å². The van der Waals surface area contributed by atoms with Crippen LogP contribution in [0.5, 0.6) is 0 Å². The number of hydrogen-bond donors (Lipinski definition) is 2. The van der Waals surface area contributed by atoms with E-state index in [0.29, 0.717) is 32.3 Å². The molecule has 0 spiro atoms. The van der Waals surface area contributed by atoms with Crippen molar-refractivity contribution in [3.63, 3.8) is 0 Å². The Morgan fingerprint density at radius 3 is 2.45 bits per heavy atom. The highest BCUT2D eigenvalue weighted by Gasteiger charge is 2.24. The van der Waals surface area contributed by atoms with Crippen molar-refractivity contribution in [1.29, 1.82) is 0 Å². The first-order valence-electron chi connectivity index (χ1n) is 10.2. The van der Waals surface area contributed by atoms with Gasteiger partial charge in [-0.1, -0.05) is 24.3 Å². The van der Waals surface area contributed by atoms with Gasteiger partial charge in [0.1, 0.15) is 0 Å². The quantitative estimate of drug-likeness (QED) is 0.331. The molecule has 1 aromatic carbocycles. The fourth-order valence-corrected chi connectivity index (χ4v) is 3.31. The lowest BCUT2D eigenvalue weighted by atomic mass is 10.1. The SMILES string of the molecule is CCNC(=NCc1ccccc1CN(C)C)NC1CCN(C(=O)OCC)CC1.I. The van der Waals surface area contributed by atoms with Crippen molar-refractivity contribution < 1.29 is 9.53 Å². The van der Waals surface area contributed by atoms with Crippen molar-refractivity contribution in [3.8, 4) is 0 Å². The Labute approximate surface area is 192 Å². The van der Waals surface area contributed by atoms with Crippen LogP contribution in [0.25, 0.3) is 0 Å². The number of rotatable bonds is 7. The van der Waals surface area contributed by atoms with E-state index in [-0.39, 0.29) is 30.1 Å². The third-order valence-corrected chi connectivity index (χ3v) is 4.72. The minimum Gasteiger partial charge on any atom is -0.450 e. The maximum absolute atomic E-state index is 11.8. The highest BCUT2D eigenvalue weighted by molar-refractivity contribution is 14.0. The lowest BCUT2D eigenvalue weighted by molar-refractivity contribution is 0.0963. The molecular formula is C21H36IN5O2. The molecular weight excluding hydrogens is 481 g/mol. The molecule has 1 fully saturated rings. The van der Waals surface area contributed by atoms with E-state index < -0.39 is 0 Å². The number of aliphatic imine (C=N–C) groups is 1. The fourth-order valence-electron chi connectivity index (χ4n) is 3.31. The topological polar surface area (TPSA) is 69.2 Å². The van der Waals surface area contributed by atoms with Gasteiger partial charge in [0.2, 0.25) is 0 Å². The molecule has 0 aromatic heterocycles. The number of likely N-dealkylation sites (tertiary alicyclic amines) is 1. The number of nitrogens with zero attached hydrogens (tertiary/aromatic N) is 3. The molecule has 29 heavy (non-hydrogen) atoms. The molecule has 2 rings (SSSR count). The number of guanidine groups is 1. The summed E-state index contributed by atoms with van der Waals surface area (Å²) in [5, 5.41) is 6.87. The van der Waals surface area contributed by atoms with Gasteiger partial charge in [-0.3, -0.25) is 0 Å². The second-order valence-corrected chi connectivity index (χ2v) is 7.31. The van der Waals surface area contributed by atoms with Gasteiger partial charge in [-0.15, -0.1) is 24.0 Å². The van der Waals surface area contributed by atoms with Crippen molar-refractivity contribution in [3.05, 3.63) is 35.4 Å². The number of carbonyl (C=O) groups excluding carboxylic acids is 1. The molecule has 0 bridgehead atoms. The van der Waals surface area contributed by atoms with Crippen LogP contribution in [0, 0.1) is 0 Å². The molecule has 8 heteroatoms. The monoisotopic (exact) mass is 517 g/mol. The number of hydrogen-bond acceptors (Lipinski definition) is 4. The van der Waals surface area contributed by atoms with Crippen LogP contribution in [0.15, 0.2) is 29.3 Å². The number of piperidine rings is 1. The molecule has 1 heterocycles. The van der Waals surface area contributed by atoms with Gasteiger partial charge in [-0.25, -0.2) is 9.79 Å². The number of halogens is 1. The van der Waals surface area contributed by atoms with Gasteiger partial charge in [0, 0.05) is 32.2 Å². The number of nitrogens with one attached hydrogen (secondary N) is 2. The van der Waals surface area contributed by atoms with Crippen LogP contribution in [0.2, 0.25) is 0 Å². The maximum atomic E-state index is 11.8. The summed E-state index contributed by atoms with van der Waals surface area (Å²) in [6, 6.07) is 8.75. The maximum Gasteiger partial charge on any atom is 0.409 e. The van der Waals surface area contributed by atoms with Crippen molar-refractivity contribution >= 4 is 36.0 Å². The van der Waals surface area contributed by atoms with Gasteiger partial charge < -0.3 is 25.2 Å². The van der Waals surface area contributed by atoms with Crippen LogP contribution < -0.4 is 10.6 Å². The first kappa shape index (κ1) is 25.5. The Hall–Kier alpha value is -1.55. The minimum absolute atomic E-state index is 0. The second-order valence-electron chi connectivity index (χ2n) is 7.31. The molecule has 0 atom stereocenters. The second kappa shape index (κ2) is 13.6. The first-order valence-corrected chi connectivity index (χ1v) is 10.2. The van der Waals surface area contributed by atoms with E-state index in [0.717, 1.165) is 31.9 Å². The summed E-state index contributed by atoms with van der Waals surface area (Å²) < 4.78 is 5.09. The normalized spacial score (nSPS) is 15.1. The van der Waals surface area contributed by atoms with Crippen molar-refractivity contribution in [2.24, 2.45) is 4.99 Å². The van der Waals surface area contributed by atoms with Crippen LogP contribution in [-0.4, -0.2) is 68.2 Å². The Morgan fingerprint density at radius 1 is 1.21 bits per heavy atom. The smallest absolute Gasteiger partial charge is 0.409 e. The van der Waals surface area contributed by atoms with E-state index in [2.05, 4.69) is 60.8 Å². The zero-order valence-electron chi connectivity index (χ0n) is 18.1. The van der Waals surface area contributed by atoms with Gasteiger partial charge in [0.15, 0.2) is 5.96 Å². The number of amides is 1. The van der Waals surface area contributed by atoms with Crippen molar-refractivity contribution in [2.75, 3.05) is 40.3 Å². The molecule has 164 valence electrons. The average Bonchev–Trinajstić information content (AvgIpc) is 2.67. The zero-order valence-corrected chi connectivity index (χ0v) is 20.4. The zero-order chi connectivity index (χ0) is 20.4. The first-order chi connectivity index (χ1) is 13.5. The van der Waals surface area contributed by atoms with Crippen LogP contribution in [-0.2, 0) is 17.8 Å². The molecule has 1 aliphatic rings. The summed E-state index contributed by atoms with van der Waals surface area (Å²) in [5.74, 6) is 0.830. The van der Waals surface area contributed by atoms with Crippen LogP contribution in [0.3, 0.4) is 0 Å². The number of carbonyl (C=O) groups is 1. The fraction of sp³-hybridized carbons (Fsp3) is 0.619. The van der Waals surface area contributed by atoms with Crippen LogP contribution in [0.1, 0.15) is 37.8 Å². The summed E-state index contributed by atoms with van der Waals surface area (Å²) in [4.78, 5) is 20.6. The van der Waals surface area contributed by atoms with E-state index in [1.54, 1.807) is 4.90 Å². The van der Waals surface area contributed by atoms with Gasteiger partial charge in [0.05, 0.1) is 13.2 Å². The van der Waals surface area contributed by atoms with Crippen LogP contribution >= 0.6 is 24.0 Å². The molecule has 1 saturated heterocycles. The predicted octanol–water partition coefficient (Wildman–Crippen LogP) is 3.04. The Kier molecular flexibility index (Phi) is 12.0. The van der Waals surface area contributed by atoms with E-state index >= 15 is 0 Å². The van der Waals surface area contributed by atoms with E-state index in [9.17, 15) is 4.79 Å². The molecule has 0 unspecified atom stereocenters. The molecule has 2 N–H and O–H groups in total. The van der Waals surface area contributed by atoms with E-state index in [1.165, 1.54) is 11.1 Å². The highest BCUT2D eigenvalue weighted by atomic mass is 127. The molecule has 7 nitrogen and oxygen atoms in total. The molecule has 0 radical (unpaired) electrons. The van der Waals surface area contributed by atoms with E-state index in [4.69, 9.17) is 9.73 Å². The highest BCUT2D eigenvalue weighted by Crippen LogP contribution is 2.13. The molecule has 0 saturated carbocycles. The Morgan fingerprint density at radius 2 is 1.86 bits per heavy atom. The molecule has 0 aliphatic carbocycles. The Balaban J connectivity index is 0.00000420. The van der Waals surface area contributed by atoms with E-state index in [1.807, 2.05) is 6.92 Å². The number of benzene rings is 1. The molecule has 1 aliphatic heterocycles. The lowest BCUT2D eigenvalue weighted by Crippen LogP contribution is -2.49. The summed E-state index contributed by atoms with van der Waals surface area (Å²) in [6.45, 7) is 8.10. The Bertz CT molecular complexity index is 646.